The van der Waals surface area contributed by atoms with E-state index in [1.807, 2.05) is 18.5 Å². The maximum atomic E-state index is 4.35. The van der Waals surface area contributed by atoms with E-state index >= 15 is 0 Å². The number of fused-ring (bicyclic) bond motifs is 5. The van der Waals surface area contributed by atoms with Crippen LogP contribution >= 0.6 is 15.9 Å². The molecule has 2 aromatic heterocycles. The molecular formula is C21H13BrN2. The molecule has 5 aromatic rings. The van der Waals surface area contributed by atoms with Crippen LogP contribution in [-0.2, 0) is 0 Å². The van der Waals surface area contributed by atoms with Crippen molar-refractivity contribution in [2.24, 2.45) is 0 Å². The number of para-hydroxylation sites is 1. The zero-order valence-corrected chi connectivity index (χ0v) is 14.4. The molecule has 0 saturated heterocycles. The van der Waals surface area contributed by atoms with E-state index in [0.29, 0.717) is 0 Å². The molecule has 0 radical (unpaired) electrons. The van der Waals surface area contributed by atoms with E-state index < -0.39 is 0 Å². The SMILES string of the molecule is Brc1cc2c3cnccc3n(-c3ccccc3)c2c2ccccc12. The van der Waals surface area contributed by atoms with Gasteiger partial charge < -0.3 is 4.57 Å². The fraction of sp³-hybridized carbons (Fsp3) is 0. The molecule has 0 aliphatic rings. The van der Waals surface area contributed by atoms with Crippen LogP contribution in [0, 0.1) is 0 Å². The molecule has 0 saturated carbocycles. The molecule has 3 heteroatoms. The van der Waals surface area contributed by atoms with Gasteiger partial charge in [0, 0.05) is 38.7 Å². The predicted molar refractivity (Wildman–Crippen MR) is 104 cm³/mol. The summed E-state index contributed by atoms with van der Waals surface area (Å²) in [5.74, 6) is 0. The van der Waals surface area contributed by atoms with E-state index in [1.54, 1.807) is 0 Å². The van der Waals surface area contributed by atoms with Crippen molar-refractivity contribution < 1.29 is 0 Å². The number of aromatic nitrogens is 2. The van der Waals surface area contributed by atoms with Gasteiger partial charge in [0.25, 0.3) is 0 Å². The lowest BCUT2D eigenvalue weighted by molar-refractivity contribution is 1.18. The van der Waals surface area contributed by atoms with E-state index in [1.165, 1.54) is 32.6 Å². The molecule has 0 amide bonds. The fourth-order valence-corrected chi connectivity index (χ4v) is 4.09. The molecular weight excluding hydrogens is 360 g/mol. The first kappa shape index (κ1) is 13.8. The molecule has 3 aromatic carbocycles. The Hall–Kier alpha value is -2.65. The van der Waals surface area contributed by atoms with Crippen molar-refractivity contribution in [2.75, 3.05) is 0 Å². The number of pyridine rings is 1. The third kappa shape index (κ3) is 1.85. The third-order valence-corrected chi connectivity index (χ3v) is 5.19. The van der Waals surface area contributed by atoms with Gasteiger partial charge in [-0.05, 0) is 29.7 Å². The van der Waals surface area contributed by atoms with Crippen LogP contribution in [0.15, 0.2) is 83.6 Å². The molecule has 0 aliphatic carbocycles. The second kappa shape index (κ2) is 5.18. The lowest BCUT2D eigenvalue weighted by Gasteiger charge is -2.10. The van der Waals surface area contributed by atoms with Crippen molar-refractivity contribution >= 4 is 48.5 Å². The van der Waals surface area contributed by atoms with E-state index in [0.717, 1.165) is 10.2 Å². The maximum absolute atomic E-state index is 4.35. The number of halogens is 1. The zero-order valence-electron chi connectivity index (χ0n) is 12.8. The normalized spacial score (nSPS) is 11.5. The van der Waals surface area contributed by atoms with Crippen LogP contribution in [0.2, 0.25) is 0 Å². The van der Waals surface area contributed by atoms with Gasteiger partial charge in [0.2, 0.25) is 0 Å². The van der Waals surface area contributed by atoms with Crippen molar-refractivity contribution in [3.63, 3.8) is 0 Å². The smallest absolute Gasteiger partial charge is 0.0620 e. The molecule has 0 fully saturated rings. The van der Waals surface area contributed by atoms with Crippen molar-refractivity contribution in [2.45, 2.75) is 0 Å². The Morgan fingerprint density at radius 1 is 0.750 bits per heavy atom. The molecule has 0 unspecified atom stereocenters. The Kier molecular flexibility index (Phi) is 2.97. The first-order valence-corrected chi connectivity index (χ1v) is 8.65. The molecule has 2 nitrogen and oxygen atoms in total. The molecule has 0 N–H and O–H groups in total. The topological polar surface area (TPSA) is 17.8 Å². The van der Waals surface area contributed by atoms with Gasteiger partial charge in [-0.1, -0.05) is 58.4 Å². The monoisotopic (exact) mass is 372 g/mol. The van der Waals surface area contributed by atoms with Crippen LogP contribution < -0.4 is 0 Å². The zero-order chi connectivity index (χ0) is 16.1. The van der Waals surface area contributed by atoms with E-state index in [9.17, 15) is 0 Å². The first-order valence-electron chi connectivity index (χ1n) is 7.85. The minimum atomic E-state index is 1.11. The largest absolute Gasteiger partial charge is 0.309 e. The summed E-state index contributed by atoms with van der Waals surface area (Å²) in [5.41, 5.74) is 3.56. The van der Waals surface area contributed by atoms with Crippen LogP contribution in [0.1, 0.15) is 0 Å². The molecule has 0 spiro atoms. The van der Waals surface area contributed by atoms with Crippen molar-refractivity contribution in [1.82, 2.24) is 9.55 Å². The second-order valence-corrected chi connectivity index (χ2v) is 6.72. The molecule has 24 heavy (non-hydrogen) atoms. The summed E-state index contributed by atoms with van der Waals surface area (Å²) in [5, 5.41) is 4.84. The second-order valence-electron chi connectivity index (χ2n) is 5.86. The number of rotatable bonds is 1. The average Bonchev–Trinajstić information content (AvgIpc) is 2.97. The summed E-state index contributed by atoms with van der Waals surface area (Å²) in [7, 11) is 0. The van der Waals surface area contributed by atoms with Crippen LogP contribution in [-0.4, -0.2) is 9.55 Å². The van der Waals surface area contributed by atoms with Gasteiger partial charge in [0.05, 0.1) is 11.0 Å². The van der Waals surface area contributed by atoms with Crippen LogP contribution in [0.4, 0.5) is 0 Å². The van der Waals surface area contributed by atoms with E-state index in [4.69, 9.17) is 0 Å². The molecule has 0 aliphatic heterocycles. The molecule has 5 rings (SSSR count). The Labute approximate surface area is 147 Å². The van der Waals surface area contributed by atoms with Gasteiger partial charge in [-0.25, -0.2) is 0 Å². The fourth-order valence-electron chi connectivity index (χ4n) is 3.52. The Morgan fingerprint density at radius 2 is 1.50 bits per heavy atom. The summed E-state index contributed by atoms with van der Waals surface area (Å²) in [6.45, 7) is 0. The minimum Gasteiger partial charge on any atom is -0.309 e. The highest BCUT2D eigenvalue weighted by Gasteiger charge is 2.16. The maximum Gasteiger partial charge on any atom is 0.0620 e. The van der Waals surface area contributed by atoms with E-state index in [2.05, 4.69) is 86.1 Å². The lowest BCUT2D eigenvalue weighted by atomic mass is 10.1. The number of benzene rings is 3. The van der Waals surface area contributed by atoms with Crippen molar-refractivity contribution in [3.05, 3.63) is 83.6 Å². The van der Waals surface area contributed by atoms with Gasteiger partial charge in [-0.15, -0.1) is 0 Å². The number of hydrogen-bond acceptors (Lipinski definition) is 1. The highest BCUT2D eigenvalue weighted by molar-refractivity contribution is 9.10. The van der Waals surface area contributed by atoms with Gasteiger partial charge in [-0.2, -0.15) is 0 Å². The highest BCUT2D eigenvalue weighted by Crippen LogP contribution is 2.39. The van der Waals surface area contributed by atoms with Crippen LogP contribution in [0.25, 0.3) is 38.3 Å². The van der Waals surface area contributed by atoms with Crippen molar-refractivity contribution in [1.29, 1.82) is 0 Å². The average molecular weight is 373 g/mol. The van der Waals surface area contributed by atoms with Gasteiger partial charge >= 0.3 is 0 Å². The van der Waals surface area contributed by atoms with Gasteiger partial charge in [0.1, 0.15) is 0 Å². The predicted octanol–water partition coefficient (Wildman–Crippen LogP) is 6.09. The van der Waals surface area contributed by atoms with E-state index in [-0.39, 0.29) is 0 Å². The van der Waals surface area contributed by atoms with Gasteiger partial charge in [-0.3, -0.25) is 4.98 Å². The number of nitrogens with zero attached hydrogens (tertiary/aromatic N) is 2. The summed E-state index contributed by atoms with van der Waals surface area (Å²) in [4.78, 5) is 4.35. The van der Waals surface area contributed by atoms with Crippen LogP contribution in [0.5, 0.6) is 0 Å². The Bertz CT molecular complexity index is 1210. The van der Waals surface area contributed by atoms with Gasteiger partial charge in [0.15, 0.2) is 0 Å². The Morgan fingerprint density at radius 3 is 2.33 bits per heavy atom. The lowest BCUT2D eigenvalue weighted by Crippen LogP contribution is -1.94. The number of hydrogen-bond donors (Lipinski definition) is 0. The summed E-state index contributed by atoms with van der Waals surface area (Å²) in [6.07, 6.45) is 3.82. The molecule has 0 bridgehead atoms. The van der Waals surface area contributed by atoms with Crippen molar-refractivity contribution in [3.8, 4) is 5.69 Å². The summed E-state index contributed by atoms with van der Waals surface area (Å²) in [6, 6.07) is 23.3. The summed E-state index contributed by atoms with van der Waals surface area (Å²) >= 11 is 3.74. The molecule has 114 valence electrons. The highest BCUT2D eigenvalue weighted by atomic mass is 79.9. The summed E-state index contributed by atoms with van der Waals surface area (Å²) < 4.78 is 3.45. The quantitative estimate of drug-likeness (QED) is 0.347. The standard InChI is InChI=1S/C21H13BrN2/c22-19-12-17-18-13-23-11-10-20(18)24(14-6-2-1-3-7-14)21(17)16-9-5-4-8-15(16)19/h1-13H. The molecule has 2 heterocycles. The Balaban J connectivity index is 2.12. The first-order chi connectivity index (χ1) is 11.8. The molecule has 0 atom stereocenters. The minimum absolute atomic E-state index is 1.11. The van der Waals surface area contributed by atoms with Crippen LogP contribution in [0.3, 0.4) is 0 Å². The third-order valence-electron chi connectivity index (χ3n) is 4.53.